The predicted octanol–water partition coefficient (Wildman–Crippen LogP) is 5.19. The first-order chi connectivity index (χ1) is 18.6. The SMILES string of the molecule is C=CCNC(=O)[C@]1(Cc2ccccc2N=[N+]=[N-])N=C(c2ccc(OCCCO)cc2)O[C@@H]1c1ccccc1. The fourth-order valence-corrected chi connectivity index (χ4v) is 4.32. The van der Waals surface area contributed by atoms with Gasteiger partial charge in [0.05, 0.1) is 6.61 Å². The lowest BCUT2D eigenvalue weighted by Crippen LogP contribution is -2.50. The maximum Gasteiger partial charge on any atom is 0.252 e. The van der Waals surface area contributed by atoms with Crippen LogP contribution in [0.3, 0.4) is 0 Å². The first-order valence-corrected chi connectivity index (χ1v) is 12.3. The Morgan fingerprint density at radius 3 is 2.61 bits per heavy atom. The molecule has 0 unspecified atom stereocenters. The van der Waals surface area contributed by atoms with E-state index in [2.05, 4.69) is 21.9 Å². The molecule has 0 radical (unpaired) electrons. The van der Waals surface area contributed by atoms with Crippen molar-refractivity contribution < 1.29 is 19.4 Å². The standard InChI is InChI=1S/C29H29N5O4/c1-2-17-31-28(36)29(20-23-11-6-7-12-25(23)33-34-30)26(21-9-4-3-5-10-21)38-27(32-29)22-13-15-24(16-14-22)37-19-8-18-35/h2-7,9-16,26,35H,1,8,17-20H2,(H,31,36)/t26-,29-/m1/s1. The van der Waals surface area contributed by atoms with Crippen LogP contribution in [0.15, 0.2) is 102 Å². The second-order valence-corrected chi connectivity index (χ2v) is 8.69. The highest BCUT2D eigenvalue weighted by Gasteiger charge is 2.53. The number of aliphatic hydroxyl groups is 1. The zero-order valence-corrected chi connectivity index (χ0v) is 20.9. The Morgan fingerprint density at radius 1 is 1.16 bits per heavy atom. The summed E-state index contributed by atoms with van der Waals surface area (Å²) in [6, 6.07) is 23.8. The average molecular weight is 512 g/mol. The number of hydrogen-bond acceptors (Lipinski definition) is 6. The van der Waals surface area contributed by atoms with Crippen LogP contribution >= 0.6 is 0 Å². The van der Waals surface area contributed by atoms with Crippen LogP contribution in [0.25, 0.3) is 10.4 Å². The van der Waals surface area contributed by atoms with Crippen LogP contribution in [0.2, 0.25) is 0 Å². The first-order valence-electron chi connectivity index (χ1n) is 12.3. The monoisotopic (exact) mass is 511 g/mol. The molecule has 38 heavy (non-hydrogen) atoms. The van der Waals surface area contributed by atoms with Gasteiger partial charge in [0.25, 0.3) is 5.91 Å². The zero-order valence-electron chi connectivity index (χ0n) is 20.9. The molecule has 0 aliphatic carbocycles. The molecule has 0 bridgehead atoms. The van der Waals surface area contributed by atoms with Gasteiger partial charge in [0.1, 0.15) is 5.75 Å². The maximum atomic E-state index is 13.9. The minimum Gasteiger partial charge on any atom is -0.494 e. The van der Waals surface area contributed by atoms with Gasteiger partial charge >= 0.3 is 0 Å². The quantitative estimate of drug-likeness (QED) is 0.114. The number of nitrogens with zero attached hydrogens (tertiary/aromatic N) is 4. The number of carbonyl (C=O) groups excluding carboxylic acids is 1. The van der Waals surface area contributed by atoms with Crippen LogP contribution < -0.4 is 10.1 Å². The summed E-state index contributed by atoms with van der Waals surface area (Å²) < 4.78 is 12.1. The first kappa shape index (κ1) is 26.5. The van der Waals surface area contributed by atoms with Crippen molar-refractivity contribution in [2.24, 2.45) is 10.1 Å². The Morgan fingerprint density at radius 2 is 1.89 bits per heavy atom. The van der Waals surface area contributed by atoms with Gasteiger partial charge in [-0.1, -0.05) is 65.8 Å². The van der Waals surface area contributed by atoms with Crippen molar-refractivity contribution in [3.05, 3.63) is 119 Å². The lowest BCUT2D eigenvalue weighted by Gasteiger charge is -2.31. The molecule has 1 aliphatic rings. The topological polar surface area (TPSA) is 129 Å². The highest BCUT2D eigenvalue weighted by Crippen LogP contribution is 2.43. The molecular weight excluding hydrogens is 482 g/mol. The molecular formula is C29H29N5O4. The summed E-state index contributed by atoms with van der Waals surface area (Å²) in [5, 5.41) is 15.7. The third-order valence-corrected chi connectivity index (χ3v) is 6.14. The molecule has 9 nitrogen and oxygen atoms in total. The van der Waals surface area contributed by atoms with E-state index in [4.69, 9.17) is 25.1 Å². The number of benzene rings is 3. The Hall–Kier alpha value is -4.59. The van der Waals surface area contributed by atoms with E-state index in [1.807, 2.05) is 54.6 Å². The number of azide groups is 1. The molecule has 194 valence electrons. The van der Waals surface area contributed by atoms with E-state index < -0.39 is 11.6 Å². The number of nitrogens with one attached hydrogen (secondary N) is 1. The smallest absolute Gasteiger partial charge is 0.252 e. The van der Waals surface area contributed by atoms with Gasteiger partial charge in [0.15, 0.2) is 11.6 Å². The van der Waals surface area contributed by atoms with Gasteiger partial charge in [0, 0.05) is 42.2 Å². The van der Waals surface area contributed by atoms with Gasteiger partial charge in [-0.15, -0.1) is 6.58 Å². The number of aliphatic hydroxyl groups excluding tert-OH is 1. The fourth-order valence-electron chi connectivity index (χ4n) is 4.32. The van der Waals surface area contributed by atoms with Crippen LogP contribution in [0.4, 0.5) is 5.69 Å². The van der Waals surface area contributed by atoms with Gasteiger partial charge in [-0.3, -0.25) is 4.79 Å². The van der Waals surface area contributed by atoms with Gasteiger partial charge in [-0.05, 0) is 40.9 Å². The van der Waals surface area contributed by atoms with Crippen molar-refractivity contribution in [2.75, 3.05) is 19.8 Å². The summed E-state index contributed by atoms with van der Waals surface area (Å²) >= 11 is 0. The Balaban J connectivity index is 1.80. The van der Waals surface area contributed by atoms with Crippen molar-refractivity contribution in [3.8, 4) is 5.75 Å². The van der Waals surface area contributed by atoms with Crippen molar-refractivity contribution in [1.29, 1.82) is 0 Å². The van der Waals surface area contributed by atoms with Gasteiger partial charge < -0.3 is 19.9 Å². The van der Waals surface area contributed by atoms with Crippen molar-refractivity contribution >= 4 is 17.5 Å². The summed E-state index contributed by atoms with van der Waals surface area (Å²) in [5.74, 6) is 0.635. The number of ether oxygens (including phenoxy) is 2. The molecule has 9 heteroatoms. The average Bonchev–Trinajstić information content (AvgIpc) is 3.34. The van der Waals surface area contributed by atoms with Crippen molar-refractivity contribution in [2.45, 2.75) is 24.5 Å². The molecule has 0 saturated heterocycles. The Kier molecular flexibility index (Phi) is 8.77. The summed E-state index contributed by atoms with van der Waals surface area (Å²) in [7, 11) is 0. The van der Waals surface area contributed by atoms with Crippen LogP contribution in [0.5, 0.6) is 5.75 Å². The molecule has 0 aromatic heterocycles. The lowest BCUT2D eigenvalue weighted by molar-refractivity contribution is -0.128. The number of rotatable bonds is 12. The molecule has 0 fully saturated rings. The molecule has 1 aliphatic heterocycles. The molecule has 3 aromatic carbocycles. The number of aliphatic imine (C=N–C) groups is 1. The minimum absolute atomic E-state index is 0.0579. The molecule has 1 amide bonds. The molecule has 0 saturated carbocycles. The maximum absolute atomic E-state index is 13.9. The lowest BCUT2D eigenvalue weighted by atomic mass is 9.81. The Labute approximate surface area is 221 Å². The molecule has 4 rings (SSSR count). The van der Waals surface area contributed by atoms with Gasteiger partial charge in [0.2, 0.25) is 5.90 Å². The van der Waals surface area contributed by atoms with E-state index in [-0.39, 0.29) is 25.5 Å². The largest absolute Gasteiger partial charge is 0.494 e. The van der Waals surface area contributed by atoms with E-state index in [0.29, 0.717) is 41.5 Å². The molecule has 2 N–H and O–H groups in total. The highest BCUT2D eigenvalue weighted by atomic mass is 16.5. The molecule has 1 heterocycles. The van der Waals surface area contributed by atoms with Gasteiger partial charge in [-0.2, -0.15) is 0 Å². The highest BCUT2D eigenvalue weighted by molar-refractivity contribution is 6.01. The van der Waals surface area contributed by atoms with Crippen molar-refractivity contribution in [1.82, 2.24) is 5.32 Å². The molecule has 2 atom stereocenters. The Bertz CT molecular complexity index is 1340. The second kappa shape index (κ2) is 12.6. The third-order valence-electron chi connectivity index (χ3n) is 6.14. The molecule has 3 aromatic rings. The number of hydrogen-bond donors (Lipinski definition) is 2. The fraction of sp³-hybridized carbons (Fsp3) is 0.241. The third kappa shape index (κ3) is 5.86. The summed E-state index contributed by atoms with van der Waals surface area (Å²) in [6.45, 7) is 4.43. The zero-order chi connectivity index (χ0) is 26.8. The summed E-state index contributed by atoms with van der Waals surface area (Å²) in [4.78, 5) is 21.8. The van der Waals surface area contributed by atoms with E-state index in [1.54, 1.807) is 30.3 Å². The predicted molar refractivity (Wildman–Crippen MR) is 145 cm³/mol. The van der Waals surface area contributed by atoms with E-state index in [1.165, 1.54) is 0 Å². The van der Waals surface area contributed by atoms with E-state index >= 15 is 0 Å². The normalized spacial score (nSPS) is 18.0. The van der Waals surface area contributed by atoms with E-state index in [9.17, 15) is 4.79 Å². The minimum atomic E-state index is -1.39. The number of carbonyl (C=O) groups is 1. The van der Waals surface area contributed by atoms with Gasteiger partial charge in [-0.25, -0.2) is 4.99 Å². The molecule has 0 spiro atoms. The van der Waals surface area contributed by atoms with Crippen molar-refractivity contribution in [3.63, 3.8) is 0 Å². The summed E-state index contributed by atoms with van der Waals surface area (Å²) in [5.41, 5.74) is 10.3. The van der Waals surface area contributed by atoms with Crippen LogP contribution in [-0.2, 0) is 16.0 Å². The second-order valence-electron chi connectivity index (χ2n) is 8.69. The summed E-state index contributed by atoms with van der Waals surface area (Å²) in [6.07, 6.45) is 1.53. The van der Waals surface area contributed by atoms with Crippen LogP contribution in [0.1, 0.15) is 29.2 Å². The van der Waals surface area contributed by atoms with Crippen LogP contribution in [0, 0.1) is 0 Å². The van der Waals surface area contributed by atoms with E-state index in [0.717, 1.165) is 5.56 Å². The van der Waals surface area contributed by atoms with Crippen LogP contribution in [-0.4, -0.2) is 42.2 Å². The number of amides is 1.